The van der Waals surface area contributed by atoms with E-state index >= 15 is 0 Å². The molecule has 4 aromatic rings. The molecule has 3 aromatic carbocycles. The molecule has 0 aliphatic rings. The van der Waals surface area contributed by atoms with Gasteiger partial charge < -0.3 is 15.0 Å². The molecule has 4 rings (SSSR count). The van der Waals surface area contributed by atoms with Crippen molar-refractivity contribution >= 4 is 45.7 Å². The van der Waals surface area contributed by atoms with Crippen molar-refractivity contribution in [2.45, 2.75) is 0 Å². The fourth-order valence-electron chi connectivity index (χ4n) is 3.37. The number of non-ortho nitro benzene ring substituents is 1. The van der Waals surface area contributed by atoms with E-state index in [1.807, 2.05) is 43.3 Å². The van der Waals surface area contributed by atoms with Crippen molar-refractivity contribution in [3.8, 4) is 17.0 Å². The first-order chi connectivity index (χ1) is 17.8. The van der Waals surface area contributed by atoms with Gasteiger partial charge in [-0.2, -0.15) is 5.10 Å². The van der Waals surface area contributed by atoms with Crippen LogP contribution in [0.15, 0.2) is 77.9 Å². The highest BCUT2D eigenvalue weighted by molar-refractivity contribution is 7.18. The lowest BCUT2D eigenvalue weighted by molar-refractivity contribution is -0.384. The van der Waals surface area contributed by atoms with E-state index in [4.69, 9.17) is 4.74 Å². The zero-order chi connectivity index (χ0) is 26.4. The molecule has 1 amide bonds. The van der Waals surface area contributed by atoms with Gasteiger partial charge in [-0.3, -0.25) is 20.3 Å². The van der Waals surface area contributed by atoms with Gasteiger partial charge in [0, 0.05) is 49.2 Å². The average Bonchev–Trinajstić information content (AvgIpc) is 3.33. The molecule has 1 heterocycles. The Hall–Kier alpha value is -4.77. The summed E-state index contributed by atoms with van der Waals surface area (Å²) in [6, 6.07) is 20.7. The minimum atomic E-state index is -0.478. The van der Waals surface area contributed by atoms with Crippen molar-refractivity contribution in [3.63, 3.8) is 0 Å². The number of methoxy groups -OCH3 is 1. The van der Waals surface area contributed by atoms with Crippen molar-refractivity contribution in [1.82, 2.24) is 4.98 Å². The Morgan fingerprint density at radius 1 is 1.11 bits per heavy atom. The molecule has 188 valence electrons. The zero-order valence-corrected chi connectivity index (χ0v) is 21.2. The van der Waals surface area contributed by atoms with Crippen LogP contribution in [-0.4, -0.2) is 43.2 Å². The molecule has 2 N–H and O–H groups in total. The smallest absolute Gasteiger partial charge is 0.269 e. The molecule has 0 atom stereocenters. The zero-order valence-electron chi connectivity index (χ0n) is 20.3. The summed E-state index contributed by atoms with van der Waals surface area (Å²) in [6.45, 7) is 0. The van der Waals surface area contributed by atoms with Crippen LogP contribution in [0.2, 0.25) is 0 Å². The van der Waals surface area contributed by atoms with E-state index in [9.17, 15) is 14.9 Å². The summed E-state index contributed by atoms with van der Waals surface area (Å²) in [5.41, 5.74) is 6.30. The highest BCUT2D eigenvalue weighted by Crippen LogP contribution is 2.33. The van der Waals surface area contributed by atoms with Crippen LogP contribution in [0.25, 0.3) is 11.3 Å². The number of hydrogen-bond donors (Lipinski definition) is 2. The quantitative estimate of drug-likeness (QED) is 0.171. The Bertz CT molecular complexity index is 1430. The Morgan fingerprint density at radius 2 is 1.84 bits per heavy atom. The molecule has 0 aliphatic heterocycles. The number of nitro benzene ring substituents is 1. The van der Waals surface area contributed by atoms with E-state index < -0.39 is 4.92 Å². The molecule has 0 spiro atoms. The third-order valence-corrected chi connectivity index (χ3v) is 6.25. The van der Waals surface area contributed by atoms with Crippen LogP contribution in [0, 0.1) is 10.1 Å². The number of amides is 1. The third kappa shape index (κ3) is 6.27. The number of nitrogens with zero attached hydrogens (tertiary/aromatic N) is 4. The third-order valence-electron chi connectivity index (χ3n) is 5.30. The maximum atomic E-state index is 13.2. The first kappa shape index (κ1) is 25.3. The lowest BCUT2D eigenvalue weighted by atomic mass is 10.1. The first-order valence-corrected chi connectivity index (χ1v) is 11.9. The maximum Gasteiger partial charge on any atom is 0.269 e. The largest absolute Gasteiger partial charge is 0.497 e. The standard InChI is InChI=1S/C26H24N6O4S/c1-31(2)20-11-7-17(8-12-20)16-27-30-26-29-23(18-9-13-21(14-10-18)32(34)35)24(37-26)25(33)28-19-5-4-6-22(15-19)36-3/h4-16H,1-3H3,(H,28,33)(H,29,30)/b27-16-. The van der Waals surface area contributed by atoms with Gasteiger partial charge in [0.1, 0.15) is 10.6 Å². The van der Waals surface area contributed by atoms with Gasteiger partial charge >= 0.3 is 0 Å². The van der Waals surface area contributed by atoms with E-state index in [1.54, 1.807) is 49.7 Å². The van der Waals surface area contributed by atoms with Crippen molar-refractivity contribution in [2.75, 3.05) is 36.8 Å². The van der Waals surface area contributed by atoms with Crippen LogP contribution >= 0.6 is 11.3 Å². The van der Waals surface area contributed by atoms with Gasteiger partial charge in [-0.25, -0.2) is 4.98 Å². The Kier molecular flexibility index (Phi) is 7.74. The molecule has 37 heavy (non-hydrogen) atoms. The first-order valence-electron chi connectivity index (χ1n) is 11.1. The normalized spacial score (nSPS) is 10.8. The maximum absolute atomic E-state index is 13.2. The average molecular weight is 517 g/mol. The van der Waals surface area contributed by atoms with E-state index in [2.05, 4.69) is 20.8 Å². The van der Waals surface area contributed by atoms with Crippen LogP contribution in [0.4, 0.5) is 22.2 Å². The number of aromatic nitrogens is 1. The molecule has 0 unspecified atom stereocenters. The van der Waals surface area contributed by atoms with Crippen molar-refractivity contribution in [2.24, 2.45) is 5.10 Å². The summed E-state index contributed by atoms with van der Waals surface area (Å²) < 4.78 is 5.22. The second-order valence-electron chi connectivity index (χ2n) is 8.04. The van der Waals surface area contributed by atoms with Crippen molar-refractivity contribution in [3.05, 3.63) is 93.4 Å². The summed E-state index contributed by atoms with van der Waals surface area (Å²) in [4.78, 5) is 30.7. The number of carbonyl (C=O) groups is 1. The number of carbonyl (C=O) groups excluding carboxylic acids is 1. The SMILES string of the molecule is COc1cccc(NC(=O)c2sc(N/N=C\c3ccc(N(C)C)cc3)nc2-c2ccc([N+](=O)[O-])cc2)c1. The summed E-state index contributed by atoms with van der Waals surface area (Å²) in [5.74, 6) is 0.225. The van der Waals surface area contributed by atoms with Gasteiger partial charge in [0.05, 0.1) is 23.9 Å². The molecule has 0 bridgehead atoms. The fraction of sp³-hybridized carbons (Fsp3) is 0.115. The van der Waals surface area contributed by atoms with E-state index in [1.165, 1.54) is 12.1 Å². The summed E-state index contributed by atoms with van der Waals surface area (Å²) in [7, 11) is 5.49. The van der Waals surface area contributed by atoms with Crippen LogP contribution < -0.4 is 20.4 Å². The number of anilines is 3. The summed E-state index contributed by atoms with van der Waals surface area (Å²) in [5, 5.41) is 18.6. The van der Waals surface area contributed by atoms with Crippen molar-refractivity contribution in [1.29, 1.82) is 0 Å². The van der Waals surface area contributed by atoms with Crippen LogP contribution in [-0.2, 0) is 0 Å². The molecule has 1 aromatic heterocycles. The number of thiazole rings is 1. The van der Waals surface area contributed by atoms with Gasteiger partial charge in [0.25, 0.3) is 11.6 Å². The number of rotatable bonds is 9. The molecule has 0 aliphatic carbocycles. The Balaban J connectivity index is 1.60. The van der Waals surface area contributed by atoms with E-state index in [-0.39, 0.29) is 11.6 Å². The fourth-order valence-corrected chi connectivity index (χ4v) is 4.20. The number of nitro groups is 1. The van der Waals surface area contributed by atoms with Crippen LogP contribution in [0.5, 0.6) is 5.75 Å². The topological polar surface area (TPSA) is 122 Å². The minimum absolute atomic E-state index is 0.0513. The number of nitrogens with one attached hydrogen (secondary N) is 2. The number of hydrogen-bond acceptors (Lipinski definition) is 9. The predicted octanol–water partition coefficient (Wildman–Crippen LogP) is 5.49. The van der Waals surface area contributed by atoms with Crippen LogP contribution in [0.3, 0.4) is 0 Å². The molecule has 10 nitrogen and oxygen atoms in total. The lowest BCUT2D eigenvalue weighted by Crippen LogP contribution is -2.11. The Labute approximate surface area is 217 Å². The molecule has 11 heteroatoms. The summed E-state index contributed by atoms with van der Waals surface area (Å²) >= 11 is 1.12. The van der Waals surface area contributed by atoms with Gasteiger partial charge in [-0.1, -0.05) is 29.5 Å². The molecule has 0 radical (unpaired) electrons. The number of ether oxygens (including phenoxy) is 1. The van der Waals surface area contributed by atoms with Crippen LogP contribution in [0.1, 0.15) is 15.2 Å². The second-order valence-corrected chi connectivity index (χ2v) is 9.04. The molecular weight excluding hydrogens is 492 g/mol. The molecule has 0 fully saturated rings. The monoisotopic (exact) mass is 516 g/mol. The second kappa shape index (κ2) is 11.3. The Morgan fingerprint density at radius 3 is 2.49 bits per heavy atom. The van der Waals surface area contributed by atoms with Gasteiger partial charge in [0.2, 0.25) is 5.13 Å². The highest BCUT2D eigenvalue weighted by atomic mass is 32.1. The lowest BCUT2D eigenvalue weighted by Gasteiger charge is -2.11. The summed E-state index contributed by atoms with van der Waals surface area (Å²) in [6.07, 6.45) is 1.66. The van der Waals surface area contributed by atoms with E-state index in [0.29, 0.717) is 32.7 Å². The van der Waals surface area contributed by atoms with Gasteiger partial charge in [-0.05, 0) is 42.0 Å². The molecular formula is C26H24N6O4S. The number of hydrazone groups is 1. The predicted molar refractivity (Wildman–Crippen MR) is 147 cm³/mol. The van der Waals surface area contributed by atoms with Gasteiger partial charge in [-0.15, -0.1) is 0 Å². The van der Waals surface area contributed by atoms with E-state index in [0.717, 1.165) is 22.6 Å². The van der Waals surface area contributed by atoms with Crippen molar-refractivity contribution < 1.29 is 14.5 Å². The molecule has 0 saturated carbocycles. The minimum Gasteiger partial charge on any atom is -0.497 e. The number of benzene rings is 3. The van der Waals surface area contributed by atoms with Gasteiger partial charge in [0.15, 0.2) is 0 Å². The highest BCUT2D eigenvalue weighted by Gasteiger charge is 2.21. The molecule has 0 saturated heterocycles.